The van der Waals surface area contributed by atoms with Crippen molar-refractivity contribution in [3.8, 4) is 34.4 Å². The van der Waals surface area contributed by atoms with Crippen molar-refractivity contribution in [2.75, 3.05) is 55.3 Å². The van der Waals surface area contributed by atoms with E-state index in [1.54, 1.807) is 101 Å². The SMILES string of the molecule is CC(C)(C)OC(=O)CCC(=O)Nc1ccc(-c2nnc(S(C)(=O)=O)o2)cc1.CC(C)CCC(=O)Cl.CNCC(=O)O.CS(=O)(=O)c1nnc(-c2ccc(N)cc2)o1.CS(=O)(=O)c1nnc(-c2ccc(NC(=O)CN)cc2)o1. The number of anilines is 3. The van der Waals surface area contributed by atoms with Crippen LogP contribution < -0.4 is 27.4 Å². The fourth-order valence-corrected chi connectivity index (χ4v) is 6.41. The number of hydrogen-bond acceptors (Lipinski definition) is 24. The highest BCUT2D eigenvalue weighted by atomic mass is 35.5. The Bertz CT molecular complexity index is 3230. The number of carboxylic acid groups (broad SMARTS) is 1. The highest BCUT2D eigenvalue weighted by Gasteiger charge is 2.21. The summed E-state index contributed by atoms with van der Waals surface area (Å²) in [5.41, 5.74) is 13.5. The molecular weight excluding hydrogens is 1090 g/mol. The Kier molecular flexibility index (Phi) is 25.8. The molecule has 0 atom stereocenters. The summed E-state index contributed by atoms with van der Waals surface area (Å²) in [6.45, 7) is 9.35. The Morgan fingerprint density at radius 1 is 0.623 bits per heavy atom. The van der Waals surface area contributed by atoms with Crippen LogP contribution in [0.25, 0.3) is 34.4 Å². The van der Waals surface area contributed by atoms with Gasteiger partial charge in [0.1, 0.15) is 5.60 Å². The molecule has 2 amide bonds. The first-order valence-electron chi connectivity index (χ1n) is 22.4. The number of halogens is 1. The van der Waals surface area contributed by atoms with E-state index in [0.717, 1.165) is 25.2 Å². The Labute approximate surface area is 449 Å². The average molecular weight is 1150 g/mol. The van der Waals surface area contributed by atoms with Gasteiger partial charge in [0.15, 0.2) is 0 Å². The normalized spacial score (nSPS) is 11.2. The number of amides is 2. The Balaban J connectivity index is 0.000000359. The standard InChI is InChI=1S/C17H21N3O6S.C11H12N4O4S.C9H9N3O3S.C6H11ClO.C3H7NO2/c1-17(2,3)26-14(22)10-9-13(21)18-12-7-5-11(6-8-12)15-19-20-16(25-15)27(4,23)24;1-20(17,18)11-15-14-10(19-11)7-2-4-8(5-3-7)13-9(16)6-12;1-16(13,14)9-12-11-8(15-9)6-2-4-7(10)5-3-6;1-5(2)3-4-6(7)8;1-4-2-3(5)6/h5-8H,9-10H2,1-4H3,(H,18,21);2-5H,6,12H2,1H3,(H,13,16);2-5H,10H2,1H3;5H,3-4H2,1-2H3;4H,2H2,1H3,(H,5,6). The van der Waals surface area contributed by atoms with Crippen molar-refractivity contribution >= 4 is 87.2 Å². The van der Waals surface area contributed by atoms with Crippen LogP contribution in [0.5, 0.6) is 0 Å². The first-order valence-corrected chi connectivity index (χ1v) is 28.5. The number of nitrogens with one attached hydrogen (secondary N) is 3. The molecule has 77 heavy (non-hydrogen) atoms. The number of carbonyl (C=O) groups is 5. The summed E-state index contributed by atoms with van der Waals surface area (Å²) in [7, 11) is -8.97. The third-order valence-corrected chi connectivity index (χ3v) is 11.2. The molecule has 420 valence electrons. The largest absolute Gasteiger partial charge is 0.480 e. The van der Waals surface area contributed by atoms with E-state index in [2.05, 4.69) is 60.4 Å². The lowest BCUT2D eigenvalue weighted by Gasteiger charge is -2.19. The minimum absolute atomic E-state index is 0.00194. The second kappa shape index (κ2) is 30.3. The highest BCUT2D eigenvalue weighted by molar-refractivity contribution is 7.91. The van der Waals surface area contributed by atoms with Gasteiger partial charge in [-0.25, -0.2) is 25.3 Å². The number of sulfone groups is 3. The van der Waals surface area contributed by atoms with E-state index in [1.165, 1.54) is 0 Å². The van der Waals surface area contributed by atoms with E-state index in [1.807, 2.05) is 0 Å². The van der Waals surface area contributed by atoms with Gasteiger partial charge in [-0.2, -0.15) is 0 Å². The van der Waals surface area contributed by atoms with Gasteiger partial charge in [0.2, 0.25) is 64.2 Å². The molecule has 0 spiro atoms. The number of nitrogens with two attached hydrogens (primary N) is 2. The number of rotatable bonds is 17. The lowest BCUT2D eigenvalue weighted by atomic mass is 10.1. The average Bonchev–Trinajstić information content (AvgIpc) is 4.14. The molecule has 27 nitrogen and oxygen atoms in total. The van der Waals surface area contributed by atoms with Gasteiger partial charge < -0.3 is 50.5 Å². The maximum absolute atomic E-state index is 11.9. The van der Waals surface area contributed by atoms with Gasteiger partial charge in [-0.15, -0.1) is 15.3 Å². The first-order chi connectivity index (χ1) is 35.7. The number of nitrogens with zero attached hydrogens (tertiary/aromatic N) is 6. The molecular formula is C46H60ClN11O16S3. The van der Waals surface area contributed by atoms with Crippen molar-refractivity contribution in [3.63, 3.8) is 0 Å². The summed E-state index contributed by atoms with van der Waals surface area (Å²) < 4.78 is 87.8. The van der Waals surface area contributed by atoms with Crippen LogP contribution in [-0.4, -0.2) is 134 Å². The van der Waals surface area contributed by atoms with E-state index < -0.39 is 57.5 Å². The quantitative estimate of drug-likeness (QED) is 0.0417. The number of likely N-dealkylation sites (N-methyl/N-ethyl adjacent to an activating group) is 1. The van der Waals surface area contributed by atoms with Crippen LogP contribution in [0.3, 0.4) is 0 Å². The third-order valence-electron chi connectivity index (χ3n) is 8.57. The second-order valence-corrected chi connectivity index (χ2v) is 23.4. The number of hydrogen-bond donors (Lipinski definition) is 6. The minimum Gasteiger partial charge on any atom is -0.480 e. The monoisotopic (exact) mass is 1150 g/mol. The molecule has 0 radical (unpaired) electrons. The first kappa shape index (κ1) is 65.6. The summed E-state index contributed by atoms with van der Waals surface area (Å²) in [5.74, 6) is -1.03. The number of carboxylic acids is 1. The summed E-state index contributed by atoms with van der Waals surface area (Å²) >= 11 is 5.08. The highest BCUT2D eigenvalue weighted by Crippen LogP contribution is 2.24. The maximum Gasteiger partial charge on any atom is 0.335 e. The van der Waals surface area contributed by atoms with E-state index >= 15 is 0 Å². The van der Waals surface area contributed by atoms with Gasteiger partial charge in [0.05, 0.1) is 19.5 Å². The molecule has 0 saturated heterocycles. The van der Waals surface area contributed by atoms with Crippen molar-refractivity contribution in [2.24, 2.45) is 11.7 Å². The van der Waals surface area contributed by atoms with Gasteiger partial charge >= 0.3 is 27.6 Å². The Morgan fingerprint density at radius 2 is 0.987 bits per heavy atom. The van der Waals surface area contributed by atoms with Crippen LogP contribution in [0.2, 0.25) is 0 Å². The molecule has 3 heterocycles. The predicted octanol–water partition coefficient (Wildman–Crippen LogP) is 4.44. The van der Waals surface area contributed by atoms with Crippen molar-refractivity contribution < 1.29 is 72.3 Å². The number of nitrogen functional groups attached to an aromatic ring is 1. The zero-order valence-electron chi connectivity index (χ0n) is 43.3. The second-order valence-electron chi connectivity index (χ2n) is 17.3. The van der Waals surface area contributed by atoms with Crippen LogP contribution in [0, 0.1) is 5.92 Å². The van der Waals surface area contributed by atoms with E-state index in [4.69, 9.17) is 46.2 Å². The van der Waals surface area contributed by atoms with Gasteiger partial charge in [0, 0.05) is 65.4 Å². The fraction of sp³-hybridized carbons (Fsp3) is 0.370. The summed E-state index contributed by atoms with van der Waals surface area (Å²) in [4.78, 5) is 54.3. The molecule has 0 saturated carbocycles. The maximum atomic E-state index is 11.9. The Morgan fingerprint density at radius 3 is 1.25 bits per heavy atom. The van der Waals surface area contributed by atoms with Crippen molar-refractivity contribution in [1.29, 1.82) is 0 Å². The molecule has 8 N–H and O–H groups in total. The van der Waals surface area contributed by atoms with Crippen LogP contribution in [0.1, 0.15) is 60.3 Å². The number of esters is 1. The van der Waals surface area contributed by atoms with Crippen LogP contribution in [0.4, 0.5) is 17.1 Å². The molecule has 0 fully saturated rings. The zero-order valence-corrected chi connectivity index (χ0v) is 46.5. The van der Waals surface area contributed by atoms with Gasteiger partial charge in [-0.3, -0.25) is 24.0 Å². The summed E-state index contributed by atoms with van der Waals surface area (Å²) in [6, 6.07) is 19.6. The zero-order chi connectivity index (χ0) is 58.3. The van der Waals surface area contributed by atoms with Crippen LogP contribution >= 0.6 is 11.6 Å². The molecule has 0 aliphatic heterocycles. The molecule has 0 aliphatic carbocycles. The lowest BCUT2D eigenvalue weighted by molar-refractivity contribution is -0.155. The lowest BCUT2D eigenvalue weighted by Crippen LogP contribution is -2.24. The number of aromatic nitrogens is 6. The molecule has 6 rings (SSSR count). The van der Waals surface area contributed by atoms with E-state index in [0.29, 0.717) is 46.1 Å². The topological polar surface area (TPSA) is 422 Å². The fourth-order valence-electron chi connectivity index (χ4n) is 5.04. The molecule has 0 bridgehead atoms. The third kappa shape index (κ3) is 26.2. The van der Waals surface area contributed by atoms with Crippen LogP contribution in [0.15, 0.2) is 102 Å². The van der Waals surface area contributed by atoms with Crippen LogP contribution in [-0.2, 0) is 58.2 Å². The molecule has 0 unspecified atom stereocenters. The minimum atomic E-state index is -3.57. The number of benzene rings is 3. The van der Waals surface area contributed by atoms with E-state index in [-0.39, 0.29) is 65.9 Å². The molecule has 0 aliphatic rings. The molecule has 3 aromatic heterocycles. The summed E-state index contributed by atoms with van der Waals surface area (Å²) in [5, 5.41) is 35.4. The predicted molar refractivity (Wildman–Crippen MR) is 281 cm³/mol. The van der Waals surface area contributed by atoms with Crippen molar-refractivity contribution in [1.82, 2.24) is 35.9 Å². The van der Waals surface area contributed by atoms with Gasteiger partial charge in [-0.05, 0) is 125 Å². The number of aliphatic carboxylic acids is 1. The number of ether oxygens (including phenoxy) is 1. The molecule has 31 heteroatoms. The number of carbonyl (C=O) groups excluding carboxylic acids is 4. The van der Waals surface area contributed by atoms with Crippen molar-refractivity contribution in [3.05, 3.63) is 72.8 Å². The Hall–Kier alpha value is -7.51. The van der Waals surface area contributed by atoms with Gasteiger partial charge in [-0.1, -0.05) is 29.1 Å². The summed E-state index contributed by atoms with van der Waals surface area (Å²) in [6.07, 6.45) is 4.36. The molecule has 6 aromatic rings. The van der Waals surface area contributed by atoms with E-state index in [9.17, 15) is 49.2 Å². The van der Waals surface area contributed by atoms with Crippen molar-refractivity contribution in [2.45, 2.75) is 81.6 Å². The molecule has 3 aromatic carbocycles. The smallest absolute Gasteiger partial charge is 0.335 e. The van der Waals surface area contributed by atoms with Gasteiger partial charge in [0.25, 0.3) is 0 Å².